The van der Waals surface area contributed by atoms with E-state index in [4.69, 9.17) is 16.3 Å². The molecule has 1 atom stereocenters. The van der Waals surface area contributed by atoms with E-state index in [9.17, 15) is 15.3 Å². The van der Waals surface area contributed by atoms with Crippen molar-refractivity contribution in [2.75, 3.05) is 12.0 Å². The van der Waals surface area contributed by atoms with E-state index in [1.165, 1.54) is 11.3 Å². The fourth-order valence-corrected chi connectivity index (χ4v) is 6.56. The molecule has 1 aliphatic heterocycles. The largest absolute Gasteiger partial charge is 0.507 e. The van der Waals surface area contributed by atoms with Crippen molar-refractivity contribution in [2.45, 2.75) is 5.92 Å². The summed E-state index contributed by atoms with van der Waals surface area (Å²) in [5.74, 6) is 0.0239. The quantitative estimate of drug-likeness (QED) is 0.221. The Kier molecular flexibility index (Phi) is 6.43. The van der Waals surface area contributed by atoms with E-state index in [2.05, 4.69) is 0 Å². The number of aliphatic hydroxyl groups excluding tert-OH is 1. The van der Waals surface area contributed by atoms with Gasteiger partial charge in [-0.25, -0.2) is 0 Å². The van der Waals surface area contributed by atoms with E-state index in [-0.39, 0.29) is 17.0 Å². The molecule has 0 aliphatic carbocycles. The third-order valence-corrected chi connectivity index (χ3v) is 8.28. The van der Waals surface area contributed by atoms with Gasteiger partial charge in [0.05, 0.1) is 7.11 Å². The number of ether oxygens (including phenoxy) is 1. The van der Waals surface area contributed by atoms with E-state index in [1.807, 2.05) is 72.8 Å². The maximum absolute atomic E-state index is 14.3. The molecule has 0 amide bonds. The third-order valence-electron chi connectivity index (χ3n) is 6.89. The highest BCUT2D eigenvalue weighted by atomic mass is 35.5. The van der Waals surface area contributed by atoms with Crippen molar-refractivity contribution >= 4 is 55.3 Å². The third kappa shape index (κ3) is 4.28. The Morgan fingerprint density at radius 3 is 2.28 bits per heavy atom. The topological polar surface area (TPSA) is 73.6 Å². The molecule has 0 fully saturated rings. The fourth-order valence-electron chi connectivity index (χ4n) is 5.05. The summed E-state index contributed by atoms with van der Waals surface area (Å²) in [7, 11) is 1.60. The van der Waals surface area contributed by atoms with Crippen molar-refractivity contribution in [3.05, 3.63) is 141 Å². The molecule has 0 bridgehead atoms. The van der Waals surface area contributed by atoms with Crippen LogP contribution in [0.1, 0.15) is 22.6 Å². The van der Waals surface area contributed by atoms with Gasteiger partial charge >= 0.3 is 0 Å². The number of hydrogen-bond acceptors (Lipinski definition) is 5. The molecule has 2 heterocycles. The summed E-state index contributed by atoms with van der Waals surface area (Å²) in [6.07, 6.45) is 0. The number of aliphatic hydroxyl groups is 1. The summed E-state index contributed by atoms with van der Waals surface area (Å²) < 4.78 is 6.10. The van der Waals surface area contributed by atoms with Crippen molar-refractivity contribution in [3.63, 3.8) is 0 Å². The van der Waals surface area contributed by atoms with Crippen LogP contribution >= 0.6 is 22.9 Å². The predicted octanol–water partition coefficient (Wildman–Crippen LogP) is 8.15. The van der Waals surface area contributed by atoms with Crippen LogP contribution in [0.25, 0.3) is 15.8 Å². The minimum absolute atomic E-state index is 0.0476. The summed E-state index contributed by atoms with van der Waals surface area (Å²) >= 11 is 7.73. The Hall–Kier alpha value is -4.39. The van der Waals surface area contributed by atoms with Gasteiger partial charge in [-0.15, -0.1) is 11.3 Å². The van der Waals surface area contributed by atoms with Crippen LogP contribution < -0.4 is 15.1 Å². The highest BCUT2D eigenvalue weighted by molar-refractivity contribution is 7.22. The molecule has 1 aromatic heterocycles. The predicted molar refractivity (Wildman–Crippen MR) is 160 cm³/mol. The van der Waals surface area contributed by atoms with Crippen LogP contribution in [0, 0.1) is 5.41 Å². The number of anilines is 2. The van der Waals surface area contributed by atoms with Gasteiger partial charge in [-0.1, -0.05) is 72.3 Å². The summed E-state index contributed by atoms with van der Waals surface area (Å²) in [5.41, 5.74) is 2.73. The smallest absolute Gasteiger partial charge is 0.194 e. The number of nitrogens with zero attached hydrogens (tertiary/aromatic N) is 1. The molecule has 4 aromatic carbocycles. The number of amidine groups is 1. The minimum Gasteiger partial charge on any atom is -0.507 e. The molecule has 0 radical (unpaired) electrons. The first-order chi connectivity index (χ1) is 19.0. The Morgan fingerprint density at radius 2 is 1.62 bits per heavy atom. The zero-order chi connectivity index (χ0) is 27.1. The van der Waals surface area contributed by atoms with E-state index >= 15 is 0 Å². The van der Waals surface area contributed by atoms with Crippen LogP contribution in [0.3, 0.4) is 0 Å². The van der Waals surface area contributed by atoms with Gasteiger partial charge in [0.1, 0.15) is 22.3 Å². The Balaban J connectivity index is 1.75. The molecule has 0 saturated heterocycles. The van der Waals surface area contributed by atoms with Gasteiger partial charge in [0.15, 0.2) is 5.43 Å². The highest BCUT2D eigenvalue weighted by Crippen LogP contribution is 2.49. The zero-order valence-electron chi connectivity index (χ0n) is 20.9. The molecule has 5 aromatic rings. The van der Waals surface area contributed by atoms with Gasteiger partial charge in [-0.2, -0.15) is 0 Å². The Morgan fingerprint density at radius 1 is 0.949 bits per heavy atom. The van der Waals surface area contributed by atoms with Crippen molar-refractivity contribution in [1.82, 2.24) is 0 Å². The lowest BCUT2D eigenvalue weighted by molar-refractivity contribution is 0.414. The average molecular weight is 551 g/mol. The molecular formula is C32H23ClN2O3S. The van der Waals surface area contributed by atoms with Crippen LogP contribution in [0.5, 0.6) is 5.75 Å². The van der Waals surface area contributed by atoms with E-state index < -0.39 is 5.92 Å². The van der Waals surface area contributed by atoms with Crippen LogP contribution in [-0.2, 0) is 0 Å². The summed E-state index contributed by atoms with van der Waals surface area (Å²) in [4.78, 5) is 16.1. The van der Waals surface area contributed by atoms with Crippen molar-refractivity contribution in [2.24, 2.45) is 0 Å². The number of fused-ring (bicyclic) bond motifs is 2. The van der Waals surface area contributed by atoms with Crippen LogP contribution in [-0.4, -0.2) is 18.1 Å². The lowest BCUT2D eigenvalue weighted by Crippen LogP contribution is -2.38. The van der Waals surface area contributed by atoms with Crippen molar-refractivity contribution in [3.8, 4) is 5.75 Å². The lowest BCUT2D eigenvalue weighted by Gasteiger charge is -2.37. The number of methoxy groups -OCH3 is 1. The minimum atomic E-state index is -0.692. The molecule has 0 spiro atoms. The second kappa shape index (κ2) is 10.1. The molecule has 2 N–H and O–H groups in total. The maximum atomic E-state index is 14.3. The molecule has 7 heteroatoms. The maximum Gasteiger partial charge on any atom is 0.194 e. The van der Waals surface area contributed by atoms with Gasteiger partial charge in [0, 0.05) is 43.4 Å². The summed E-state index contributed by atoms with van der Waals surface area (Å²) in [5, 5.41) is 22.9. The average Bonchev–Trinajstić information content (AvgIpc) is 2.97. The van der Waals surface area contributed by atoms with Gasteiger partial charge in [0.2, 0.25) is 0 Å². The van der Waals surface area contributed by atoms with E-state index in [1.54, 1.807) is 42.3 Å². The SMILES string of the molecule is COc1ccc([C@@H]2/C(=C(\O)c3ccccc3)C(=N)N(c3ccccc3)c3sc4cc(Cl)ccc4c(=O)c32)cc1. The molecule has 0 unspecified atom stereocenters. The first-order valence-corrected chi connectivity index (χ1v) is 13.5. The molecule has 39 heavy (non-hydrogen) atoms. The fraction of sp³-hybridized carbons (Fsp3) is 0.0625. The molecule has 0 saturated carbocycles. The lowest BCUT2D eigenvalue weighted by atomic mass is 9.80. The second-order valence-electron chi connectivity index (χ2n) is 9.14. The van der Waals surface area contributed by atoms with Gasteiger partial charge in [-0.3, -0.25) is 15.1 Å². The number of nitrogens with one attached hydrogen (secondary N) is 1. The van der Waals surface area contributed by atoms with Gasteiger partial charge in [0.25, 0.3) is 0 Å². The summed E-state index contributed by atoms with van der Waals surface area (Å²) in [6.45, 7) is 0. The van der Waals surface area contributed by atoms with E-state index in [0.717, 1.165) is 10.3 Å². The van der Waals surface area contributed by atoms with Gasteiger partial charge in [-0.05, 0) is 48.0 Å². The molecule has 6 rings (SSSR count). The standard InChI is InChI=1S/C32H23ClN2O3S/c1-38-23-15-12-19(13-16-23)26-27(29(36)20-8-4-2-5-9-20)31(34)35(22-10-6-3-7-11-22)32-28(26)30(37)24-17-14-21(33)18-25(24)39-32/h2-18,26,34,36H,1H3/b29-27+,34-31?/t26-/m1/s1. The molecule has 1 aliphatic rings. The normalized spacial score (nSPS) is 16.2. The highest BCUT2D eigenvalue weighted by Gasteiger charge is 2.40. The van der Waals surface area contributed by atoms with Crippen LogP contribution in [0.2, 0.25) is 5.02 Å². The molecular weight excluding hydrogens is 528 g/mol. The first kappa shape index (κ1) is 24.9. The Bertz CT molecular complexity index is 1800. The van der Waals surface area contributed by atoms with E-state index in [0.29, 0.717) is 43.5 Å². The monoisotopic (exact) mass is 550 g/mol. The van der Waals surface area contributed by atoms with Crippen LogP contribution in [0.4, 0.5) is 10.7 Å². The second-order valence-corrected chi connectivity index (χ2v) is 10.6. The number of rotatable bonds is 4. The summed E-state index contributed by atoms with van der Waals surface area (Å²) in [6, 6.07) is 31.3. The first-order valence-electron chi connectivity index (χ1n) is 12.3. The van der Waals surface area contributed by atoms with Crippen LogP contribution in [0.15, 0.2) is 113 Å². The molecule has 5 nitrogen and oxygen atoms in total. The number of para-hydroxylation sites is 1. The number of halogens is 1. The van der Waals surface area contributed by atoms with Crippen molar-refractivity contribution in [1.29, 1.82) is 5.41 Å². The number of benzene rings is 4. The number of hydrogen-bond donors (Lipinski definition) is 2. The Labute approximate surface area is 234 Å². The van der Waals surface area contributed by atoms with Gasteiger partial charge < -0.3 is 9.84 Å². The zero-order valence-corrected chi connectivity index (χ0v) is 22.5. The van der Waals surface area contributed by atoms with Crippen molar-refractivity contribution < 1.29 is 9.84 Å². The molecule has 192 valence electrons.